The standard InChI is InChI=1S/C39H46N4O11/c1-41(37(46)30-13-15-31(16-14-30)40-38(47)51-26-28-8-4-3-5-9-28)43(25-29-12-17-33(49-2)34(24-29)54-32-10-6-7-11-32)39(48)53-27-52-36(45)19-18-35(44)42-20-22-50-23-21-42/h3-5,8-9,12-17,24,32H,6-7,10-11,18-23,25-27H2,1-2H3,(H,40,47). The number of hydrogen-bond acceptors (Lipinski definition) is 11. The summed E-state index contributed by atoms with van der Waals surface area (Å²) in [6, 6.07) is 20.5. The van der Waals surface area contributed by atoms with E-state index in [1.807, 2.05) is 30.3 Å². The SMILES string of the molecule is COc1ccc(CN(C(=O)OCOC(=O)CCC(=O)N2CCOCC2)N(C)C(=O)c2ccc(NC(=O)OCc3ccccc3)cc2)cc1OC1CCCC1. The first-order valence-electron chi connectivity index (χ1n) is 17.8. The fourth-order valence-corrected chi connectivity index (χ4v) is 5.91. The van der Waals surface area contributed by atoms with Crippen LogP contribution in [0.2, 0.25) is 0 Å². The van der Waals surface area contributed by atoms with E-state index >= 15 is 0 Å². The van der Waals surface area contributed by atoms with E-state index in [2.05, 4.69) is 5.32 Å². The Hall–Kier alpha value is -5.83. The zero-order valence-electron chi connectivity index (χ0n) is 30.5. The first-order chi connectivity index (χ1) is 26.2. The van der Waals surface area contributed by atoms with Crippen molar-refractivity contribution in [2.75, 3.05) is 52.6 Å². The number of methoxy groups -OCH3 is 1. The second kappa shape index (κ2) is 19.9. The smallest absolute Gasteiger partial charge is 0.432 e. The van der Waals surface area contributed by atoms with Crippen LogP contribution in [0.15, 0.2) is 72.8 Å². The van der Waals surface area contributed by atoms with E-state index in [0.717, 1.165) is 41.3 Å². The average molecular weight is 747 g/mol. The lowest BCUT2D eigenvalue weighted by Gasteiger charge is -2.31. The summed E-state index contributed by atoms with van der Waals surface area (Å²) in [6.45, 7) is 1.04. The monoisotopic (exact) mass is 746 g/mol. The molecule has 0 aromatic heterocycles. The van der Waals surface area contributed by atoms with Crippen molar-refractivity contribution in [2.45, 2.75) is 57.8 Å². The minimum atomic E-state index is -0.975. The van der Waals surface area contributed by atoms with Crippen molar-refractivity contribution >= 4 is 35.7 Å². The van der Waals surface area contributed by atoms with Crippen LogP contribution in [-0.2, 0) is 41.7 Å². The van der Waals surface area contributed by atoms with E-state index in [0.29, 0.717) is 49.1 Å². The van der Waals surface area contributed by atoms with E-state index < -0.39 is 30.9 Å². The number of benzene rings is 3. The lowest BCUT2D eigenvalue weighted by molar-refractivity contribution is -0.155. The van der Waals surface area contributed by atoms with Gasteiger partial charge < -0.3 is 33.3 Å². The molecule has 0 bridgehead atoms. The Balaban J connectivity index is 1.23. The number of nitrogens with zero attached hydrogens (tertiary/aromatic N) is 3. The Morgan fingerprint density at radius 2 is 1.56 bits per heavy atom. The molecule has 0 unspecified atom stereocenters. The third kappa shape index (κ3) is 11.6. The number of carbonyl (C=O) groups excluding carboxylic acids is 5. The molecule has 2 fully saturated rings. The maximum Gasteiger partial charge on any atom is 0.432 e. The molecule has 3 aromatic carbocycles. The largest absolute Gasteiger partial charge is 0.493 e. The zero-order valence-corrected chi connectivity index (χ0v) is 30.5. The van der Waals surface area contributed by atoms with Gasteiger partial charge >= 0.3 is 18.2 Å². The van der Waals surface area contributed by atoms with Gasteiger partial charge in [-0.3, -0.25) is 19.7 Å². The number of hydrazine groups is 1. The number of morpholine rings is 1. The first kappa shape index (κ1) is 39.4. The van der Waals surface area contributed by atoms with Crippen LogP contribution in [0.25, 0.3) is 0 Å². The van der Waals surface area contributed by atoms with Crippen molar-refractivity contribution in [3.05, 3.63) is 89.5 Å². The van der Waals surface area contributed by atoms with Crippen LogP contribution in [0, 0.1) is 0 Å². The summed E-state index contributed by atoms with van der Waals surface area (Å²) >= 11 is 0. The Labute approximate surface area is 313 Å². The fourth-order valence-electron chi connectivity index (χ4n) is 5.91. The van der Waals surface area contributed by atoms with Crippen LogP contribution in [0.1, 0.15) is 60.0 Å². The lowest BCUT2D eigenvalue weighted by Crippen LogP contribution is -2.47. The fraction of sp³-hybridized carbons (Fsp3) is 0.410. The summed E-state index contributed by atoms with van der Waals surface area (Å²) in [4.78, 5) is 66.0. The third-order valence-corrected chi connectivity index (χ3v) is 8.92. The van der Waals surface area contributed by atoms with Gasteiger partial charge in [-0.2, -0.15) is 0 Å². The molecular formula is C39H46N4O11. The topological polar surface area (TPSA) is 162 Å². The molecule has 15 nitrogen and oxygen atoms in total. The molecule has 54 heavy (non-hydrogen) atoms. The second-order valence-electron chi connectivity index (χ2n) is 12.7. The van der Waals surface area contributed by atoms with Gasteiger partial charge in [0.25, 0.3) is 5.91 Å². The van der Waals surface area contributed by atoms with Crippen molar-refractivity contribution in [1.82, 2.24) is 14.9 Å². The van der Waals surface area contributed by atoms with Crippen molar-refractivity contribution < 1.29 is 52.4 Å². The Morgan fingerprint density at radius 1 is 0.833 bits per heavy atom. The summed E-state index contributed by atoms with van der Waals surface area (Å²) in [5, 5.41) is 4.77. The maximum atomic E-state index is 13.7. The molecule has 4 amide bonds. The van der Waals surface area contributed by atoms with Crippen LogP contribution in [-0.4, -0.2) is 98.2 Å². The molecular weight excluding hydrogens is 700 g/mol. The molecule has 288 valence electrons. The number of amides is 4. The van der Waals surface area contributed by atoms with E-state index in [9.17, 15) is 24.0 Å². The van der Waals surface area contributed by atoms with E-state index in [4.69, 9.17) is 28.4 Å². The summed E-state index contributed by atoms with van der Waals surface area (Å²) in [6.07, 6.45) is 2.15. The summed E-state index contributed by atoms with van der Waals surface area (Å²) in [5.41, 5.74) is 2.04. The van der Waals surface area contributed by atoms with Crippen LogP contribution < -0.4 is 14.8 Å². The number of rotatable bonds is 14. The predicted octanol–water partition coefficient (Wildman–Crippen LogP) is 5.53. The summed E-state index contributed by atoms with van der Waals surface area (Å²) in [7, 11) is 2.94. The van der Waals surface area contributed by atoms with Crippen LogP contribution >= 0.6 is 0 Å². The number of esters is 1. The molecule has 1 N–H and O–H groups in total. The number of anilines is 1. The minimum Gasteiger partial charge on any atom is -0.493 e. The van der Waals surface area contributed by atoms with Crippen molar-refractivity contribution in [3.63, 3.8) is 0 Å². The highest BCUT2D eigenvalue weighted by atomic mass is 16.7. The van der Waals surface area contributed by atoms with Gasteiger partial charge in [-0.25, -0.2) is 19.6 Å². The summed E-state index contributed by atoms with van der Waals surface area (Å²) < 4.78 is 32.7. The zero-order chi connectivity index (χ0) is 38.3. The molecule has 2 aliphatic rings. The summed E-state index contributed by atoms with van der Waals surface area (Å²) in [5.74, 6) is -0.446. The van der Waals surface area contributed by atoms with Gasteiger partial charge in [-0.1, -0.05) is 36.4 Å². The Bertz CT molecular complexity index is 1730. The molecule has 1 saturated heterocycles. The number of hydrogen-bond donors (Lipinski definition) is 1. The molecule has 3 aromatic rings. The number of carbonyl (C=O) groups is 5. The number of ether oxygens (including phenoxy) is 6. The van der Waals surface area contributed by atoms with Crippen LogP contribution in [0.4, 0.5) is 15.3 Å². The molecule has 5 rings (SSSR count). The highest BCUT2D eigenvalue weighted by molar-refractivity contribution is 5.95. The van der Waals surface area contributed by atoms with Gasteiger partial charge in [0.2, 0.25) is 12.7 Å². The van der Waals surface area contributed by atoms with Gasteiger partial charge in [0, 0.05) is 37.8 Å². The molecule has 0 radical (unpaired) electrons. The van der Waals surface area contributed by atoms with Gasteiger partial charge in [0.15, 0.2) is 11.5 Å². The van der Waals surface area contributed by atoms with Crippen molar-refractivity contribution in [2.24, 2.45) is 0 Å². The Morgan fingerprint density at radius 3 is 2.26 bits per heavy atom. The van der Waals surface area contributed by atoms with Gasteiger partial charge in [-0.15, -0.1) is 0 Å². The molecule has 1 saturated carbocycles. The molecule has 15 heteroatoms. The normalized spacial score (nSPS) is 14.1. The highest BCUT2D eigenvalue weighted by Gasteiger charge is 2.27. The van der Waals surface area contributed by atoms with Gasteiger partial charge in [0.05, 0.1) is 39.4 Å². The maximum absolute atomic E-state index is 13.7. The second-order valence-corrected chi connectivity index (χ2v) is 12.7. The van der Waals surface area contributed by atoms with Crippen LogP contribution in [0.3, 0.4) is 0 Å². The number of nitrogens with one attached hydrogen (secondary N) is 1. The molecule has 0 spiro atoms. The van der Waals surface area contributed by atoms with Crippen molar-refractivity contribution in [1.29, 1.82) is 0 Å². The van der Waals surface area contributed by atoms with Crippen LogP contribution in [0.5, 0.6) is 11.5 Å². The van der Waals surface area contributed by atoms with E-state index in [1.165, 1.54) is 31.3 Å². The van der Waals surface area contributed by atoms with Gasteiger partial charge in [-0.05, 0) is 73.2 Å². The lowest BCUT2D eigenvalue weighted by atomic mass is 10.1. The highest BCUT2D eigenvalue weighted by Crippen LogP contribution is 2.33. The molecule has 0 atom stereocenters. The minimum absolute atomic E-state index is 0.0431. The molecule has 1 aliphatic carbocycles. The van der Waals surface area contributed by atoms with Gasteiger partial charge in [0.1, 0.15) is 6.61 Å². The average Bonchev–Trinajstić information content (AvgIpc) is 3.72. The molecule has 1 heterocycles. The van der Waals surface area contributed by atoms with Crippen molar-refractivity contribution in [3.8, 4) is 11.5 Å². The Kier molecular flexibility index (Phi) is 14.5. The van der Waals surface area contributed by atoms with E-state index in [-0.39, 0.29) is 43.6 Å². The van der Waals surface area contributed by atoms with E-state index in [1.54, 1.807) is 30.2 Å². The molecule has 1 aliphatic heterocycles. The first-order valence-corrected chi connectivity index (χ1v) is 17.8. The predicted molar refractivity (Wildman–Crippen MR) is 194 cm³/mol. The quantitative estimate of drug-likeness (QED) is 0.125. The third-order valence-electron chi connectivity index (χ3n) is 8.92.